The Morgan fingerprint density at radius 2 is 0.770 bits per heavy atom. The highest BCUT2D eigenvalue weighted by Crippen LogP contribution is 2.52. The summed E-state index contributed by atoms with van der Waals surface area (Å²) < 4.78 is 0. The number of benzene rings is 9. The van der Waals surface area contributed by atoms with Gasteiger partial charge in [0.25, 0.3) is 0 Å². The van der Waals surface area contributed by atoms with Crippen molar-refractivity contribution in [3.63, 3.8) is 0 Å². The van der Waals surface area contributed by atoms with E-state index in [1.54, 1.807) is 0 Å². The van der Waals surface area contributed by atoms with Crippen LogP contribution < -0.4 is 0 Å². The molecule has 0 bridgehead atoms. The molecule has 1 heterocycles. The van der Waals surface area contributed by atoms with Gasteiger partial charge in [-0.1, -0.05) is 208 Å². The van der Waals surface area contributed by atoms with Crippen molar-refractivity contribution in [2.75, 3.05) is 0 Å². The summed E-state index contributed by atoms with van der Waals surface area (Å²) in [5.41, 5.74) is 19.8. The van der Waals surface area contributed by atoms with Crippen molar-refractivity contribution in [2.24, 2.45) is 0 Å². The van der Waals surface area contributed by atoms with Gasteiger partial charge in [-0.3, -0.25) is 0 Å². The van der Waals surface area contributed by atoms with E-state index in [0.717, 1.165) is 33.5 Å². The van der Waals surface area contributed by atoms with Gasteiger partial charge in [0.2, 0.25) is 0 Å². The zero-order chi connectivity index (χ0) is 40.9. The Kier molecular flexibility index (Phi) is 8.86. The van der Waals surface area contributed by atoms with Gasteiger partial charge in [-0.25, -0.2) is 9.97 Å². The van der Waals surface area contributed by atoms with Crippen molar-refractivity contribution in [3.8, 4) is 89.5 Å². The average Bonchev–Trinajstić information content (AvgIpc) is 3.57. The monoisotopic (exact) mass is 778 g/mol. The maximum atomic E-state index is 5.28. The lowest BCUT2D eigenvalue weighted by atomic mass is 9.81. The first-order valence-corrected chi connectivity index (χ1v) is 21.1. The van der Waals surface area contributed by atoms with Gasteiger partial charge in [-0.15, -0.1) is 0 Å². The Morgan fingerprint density at radius 1 is 0.295 bits per heavy atom. The molecule has 11 rings (SSSR count). The number of fused-ring (bicyclic) bond motifs is 4. The van der Waals surface area contributed by atoms with E-state index >= 15 is 0 Å². The Hall–Kier alpha value is -7.68. The molecular formula is C59H42N2. The van der Waals surface area contributed by atoms with Crippen LogP contribution in [0.15, 0.2) is 218 Å². The van der Waals surface area contributed by atoms with Crippen LogP contribution in [-0.2, 0) is 5.41 Å². The lowest BCUT2D eigenvalue weighted by Gasteiger charge is -2.21. The fraction of sp³-hybridized carbons (Fsp3) is 0.0508. The van der Waals surface area contributed by atoms with E-state index in [-0.39, 0.29) is 5.41 Å². The van der Waals surface area contributed by atoms with Crippen LogP contribution >= 0.6 is 0 Å². The molecule has 9 aromatic carbocycles. The Balaban J connectivity index is 1.08. The lowest BCUT2D eigenvalue weighted by Crippen LogP contribution is -2.14. The third kappa shape index (κ3) is 6.45. The lowest BCUT2D eigenvalue weighted by molar-refractivity contribution is 0.660. The number of nitrogens with zero attached hydrogens (tertiary/aromatic N) is 2. The van der Waals surface area contributed by atoms with E-state index in [9.17, 15) is 0 Å². The highest BCUT2D eigenvalue weighted by molar-refractivity contribution is 6.06. The maximum absolute atomic E-state index is 5.28. The van der Waals surface area contributed by atoms with Crippen LogP contribution in [0.5, 0.6) is 0 Å². The molecule has 0 unspecified atom stereocenters. The first kappa shape index (κ1) is 36.4. The summed E-state index contributed by atoms with van der Waals surface area (Å²) in [7, 11) is 0. The second-order valence-corrected chi connectivity index (χ2v) is 16.5. The molecular weight excluding hydrogens is 737 g/mol. The minimum atomic E-state index is -0.0826. The molecule has 2 nitrogen and oxygen atoms in total. The van der Waals surface area contributed by atoms with Gasteiger partial charge in [0.1, 0.15) is 0 Å². The number of aromatic nitrogens is 2. The van der Waals surface area contributed by atoms with Crippen LogP contribution in [0.3, 0.4) is 0 Å². The standard InChI is InChI=1S/C59H42N2/c1-59(2)53-27-15-14-25-52(53)57-48(26-16-28-54(57)59)46-36-44(40-19-8-4-9-20-40)35-45(37-46)47-33-34-51(50-24-13-12-23-49(47)50)56-38-55(60-58(61-56)43-21-10-5-11-22-43)42-31-29-41(30-32-42)39-17-6-3-7-18-39/h3-38H,1-2H3. The second-order valence-electron chi connectivity index (χ2n) is 16.5. The predicted octanol–water partition coefficient (Wildman–Crippen LogP) is 15.6. The van der Waals surface area contributed by atoms with Crippen molar-refractivity contribution in [1.82, 2.24) is 9.97 Å². The van der Waals surface area contributed by atoms with E-state index in [2.05, 4.69) is 214 Å². The van der Waals surface area contributed by atoms with E-state index in [0.29, 0.717) is 5.82 Å². The van der Waals surface area contributed by atoms with E-state index in [1.165, 1.54) is 72.1 Å². The molecule has 0 saturated heterocycles. The fourth-order valence-electron chi connectivity index (χ4n) is 9.42. The van der Waals surface area contributed by atoms with Crippen molar-refractivity contribution < 1.29 is 0 Å². The minimum absolute atomic E-state index is 0.0826. The van der Waals surface area contributed by atoms with Crippen LogP contribution in [0.25, 0.3) is 100 Å². The van der Waals surface area contributed by atoms with Gasteiger partial charge < -0.3 is 0 Å². The van der Waals surface area contributed by atoms with Gasteiger partial charge in [0, 0.05) is 22.1 Å². The first-order chi connectivity index (χ1) is 30.0. The van der Waals surface area contributed by atoms with Crippen molar-refractivity contribution in [3.05, 3.63) is 230 Å². The third-order valence-corrected chi connectivity index (χ3v) is 12.5. The van der Waals surface area contributed by atoms with Gasteiger partial charge in [0.05, 0.1) is 11.4 Å². The molecule has 0 radical (unpaired) electrons. The largest absolute Gasteiger partial charge is 0.228 e. The predicted molar refractivity (Wildman–Crippen MR) is 255 cm³/mol. The molecule has 1 aromatic heterocycles. The molecule has 0 spiro atoms. The van der Waals surface area contributed by atoms with E-state index in [1.807, 2.05) is 18.2 Å². The van der Waals surface area contributed by atoms with Crippen LogP contribution in [0.4, 0.5) is 0 Å². The number of hydrogen-bond acceptors (Lipinski definition) is 2. The first-order valence-electron chi connectivity index (χ1n) is 21.1. The van der Waals surface area contributed by atoms with Gasteiger partial charge in [-0.05, 0) is 102 Å². The van der Waals surface area contributed by atoms with Crippen LogP contribution in [0.2, 0.25) is 0 Å². The summed E-state index contributed by atoms with van der Waals surface area (Å²) in [6.07, 6.45) is 0. The summed E-state index contributed by atoms with van der Waals surface area (Å²) in [5, 5.41) is 2.32. The SMILES string of the molecule is CC1(C)c2ccccc2-c2c(-c3cc(-c4ccccc4)cc(-c4ccc(-c5cc(-c6ccc(-c7ccccc7)cc6)nc(-c6ccccc6)n5)c5ccccc45)c3)cccc21. The minimum Gasteiger partial charge on any atom is -0.228 e. The van der Waals surface area contributed by atoms with Gasteiger partial charge in [0.15, 0.2) is 5.82 Å². The highest BCUT2D eigenvalue weighted by atomic mass is 14.9. The third-order valence-electron chi connectivity index (χ3n) is 12.5. The molecule has 0 fully saturated rings. The van der Waals surface area contributed by atoms with Crippen LogP contribution in [-0.4, -0.2) is 9.97 Å². The van der Waals surface area contributed by atoms with Crippen LogP contribution in [0, 0.1) is 0 Å². The highest BCUT2D eigenvalue weighted by Gasteiger charge is 2.36. The maximum Gasteiger partial charge on any atom is 0.160 e. The Labute approximate surface area is 357 Å². The zero-order valence-electron chi connectivity index (χ0n) is 34.2. The normalized spacial score (nSPS) is 12.6. The summed E-state index contributed by atoms with van der Waals surface area (Å²) in [4.78, 5) is 10.4. The second kappa shape index (κ2) is 14.9. The van der Waals surface area contributed by atoms with Crippen molar-refractivity contribution in [2.45, 2.75) is 19.3 Å². The summed E-state index contributed by atoms with van der Waals surface area (Å²) in [6.45, 7) is 4.71. The Morgan fingerprint density at radius 3 is 1.48 bits per heavy atom. The molecule has 0 saturated carbocycles. The molecule has 61 heavy (non-hydrogen) atoms. The quantitative estimate of drug-likeness (QED) is 0.161. The molecule has 0 amide bonds. The average molecular weight is 779 g/mol. The smallest absolute Gasteiger partial charge is 0.160 e. The van der Waals surface area contributed by atoms with E-state index < -0.39 is 0 Å². The van der Waals surface area contributed by atoms with Gasteiger partial charge >= 0.3 is 0 Å². The number of rotatable bonds is 7. The van der Waals surface area contributed by atoms with Crippen molar-refractivity contribution in [1.29, 1.82) is 0 Å². The summed E-state index contributed by atoms with van der Waals surface area (Å²) >= 11 is 0. The fourth-order valence-corrected chi connectivity index (χ4v) is 9.42. The molecule has 1 aliphatic rings. The van der Waals surface area contributed by atoms with Crippen LogP contribution in [0.1, 0.15) is 25.0 Å². The van der Waals surface area contributed by atoms with Gasteiger partial charge in [-0.2, -0.15) is 0 Å². The van der Waals surface area contributed by atoms with Crippen molar-refractivity contribution >= 4 is 10.8 Å². The zero-order valence-corrected chi connectivity index (χ0v) is 34.2. The summed E-state index contributed by atoms with van der Waals surface area (Å²) in [6, 6.07) is 78.6. The molecule has 1 aliphatic carbocycles. The topological polar surface area (TPSA) is 25.8 Å². The molecule has 2 heteroatoms. The molecule has 10 aromatic rings. The summed E-state index contributed by atoms with van der Waals surface area (Å²) in [5.74, 6) is 0.703. The number of hydrogen-bond donors (Lipinski definition) is 0. The molecule has 288 valence electrons. The molecule has 0 N–H and O–H groups in total. The molecule has 0 atom stereocenters. The van der Waals surface area contributed by atoms with E-state index in [4.69, 9.17) is 9.97 Å². The molecule has 0 aliphatic heterocycles. The Bertz CT molecular complexity index is 3240.